The molecule has 1 amide bonds. The minimum Gasteiger partial charge on any atom is -0.373 e. The van der Waals surface area contributed by atoms with Gasteiger partial charge in [0.2, 0.25) is 5.91 Å². The Morgan fingerprint density at radius 3 is 2.53 bits per heavy atom. The molecule has 1 unspecified atom stereocenters. The Labute approximate surface area is 123 Å². The number of hydrogen-bond acceptors (Lipinski definition) is 3. The standard InChI is InChI=1S/C14H28N2O2.ClH/c1-3-9-18-14(7-5-4-6-8-14)11-16-13(17)12(2)10-15;/h12H,3-11,15H2,1-2H3,(H,16,17);1H. The highest BCUT2D eigenvalue weighted by Crippen LogP contribution is 2.31. The molecule has 1 aliphatic rings. The van der Waals surface area contributed by atoms with Crippen molar-refractivity contribution in [1.29, 1.82) is 0 Å². The molecule has 0 saturated heterocycles. The topological polar surface area (TPSA) is 64.3 Å². The smallest absolute Gasteiger partial charge is 0.224 e. The Morgan fingerprint density at radius 2 is 2.00 bits per heavy atom. The van der Waals surface area contributed by atoms with Crippen LogP contribution in [0.1, 0.15) is 52.4 Å². The number of amides is 1. The summed E-state index contributed by atoms with van der Waals surface area (Å²) in [7, 11) is 0. The van der Waals surface area contributed by atoms with Crippen LogP contribution in [0.5, 0.6) is 0 Å². The molecule has 1 aliphatic carbocycles. The quantitative estimate of drug-likeness (QED) is 0.756. The second-order valence-electron chi connectivity index (χ2n) is 5.45. The largest absolute Gasteiger partial charge is 0.373 e. The van der Waals surface area contributed by atoms with E-state index < -0.39 is 0 Å². The highest BCUT2D eigenvalue weighted by atomic mass is 35.5. The van der Waals surface area contributed by atoms with Gasteiger partial charge in [-0.25, -0.2) is 0 Å². The fraction of sp³-hybridized carbons (Fsp3) is 0.929. The third kappa shape index (κ3) is 6.11. The van der Waals surface area contributed by atoms with E-state index in [0.29, 0.717) is 13.1 Å². The summed E-state index contributed by atoms with van der Waals surface area (Å²) in [5.41, 5.74) is 5.38. The minimum absolute atomic E-state index is 0. The molecule has 0 bridgehead atoms. The molecule has 1 rings (SSSR count). The van der Waals surface area contributed by atoms with Crippen molar-refractivity contribution in [3.63, 3.8) is 0 Å². The van der Waals surface area contributed by atoms with Crippen LogP contribution in [-0.2, 0) is 9.53 Å². The van der Waals surface area contributed by atoms with Crippen LogP contribution in [0.4, 0.5) is 0 Å². The lowest BCUT2D eigenvalue weighted by Gasteiger charge is -2.37. The van der Waals surface area contributed by atoms with Gasteiger partial charge < -0.3 is 15.8 Å². The maximum absolute atomic E-state index is 11.8. The van der Waals surface area contributed by atoms with Gasteiger partial charge in [0.15, 0.2) is 0 Å². The van der Waals surface area contributed by atoms with Crippen molar-refractivity contribution >= 4 is 18.3 Å². The first-order valence-electron chi connectivity index (χ1n) is 7.25. The van der Waals surface area contributed by atoms with Crippen molar-refractivity contribution in [3.8, 4) is 0 Å². The zero-order valence-corrected chi connectivity index (χ0v) is 13.1. The summed E-state index contributed by atoms with van der Waals surface area (Å²) in [5.74, 6) is -0.0700. The van der Waals surface area contributed by atoms with Gasteiger partial charge in [-0.05, 0) is 19.3 Å². The summed E-state index contributed by atoms with van der Waals surface area (Å²) in [6.07, 6.45) is 6.83. The van der Waals surface area contributed by atoms with E-state index in [4.69, 9.17) is 10.5 Å². The summed E-state index contributed by atoms with van der Waals surface area (Å²) >= 11 is 0. The highest BCUT2D eigenvalue weighted by molar-refractivity contribution is 5.85. The van der Waals surface area contributed by atoms with Gasteiger partial charge >= 0.3 is 0 Å². The number of nitrogens with one attached hydrogen (secondary N) is 1. The van der Waals surface area contributed by atoms with Crippen LogP contribution in [0, 0.1) is 5.92 Å². The molecule has 4 nitrogen and oxygen atoms in total. The molecule has 0 aliphatic heterocycles. The molecule has 0 heterocycles. The van der Waals surface area contributed by atoms with E-state index in [1.807, 2.05) is 6.92 Å². The first-order chi connectivity index (χ1) is 8.63. The maximum atomic E-state index is 11.8. The van der Waals surface area contributed by atoms with Gasteiger partial charge in [0, 0.05) is 25.6 Å². The minimum atomic E-state index is -0.127. The maximum Gasteiger partial charge on any atom is 0.224 e. The molecule has 5 heteroatoms. The third-order valence-electron chi connectivity index (χ3n) is 3.76. The first-order valence-corrected chi connectivity index (χ1v) is 7.25. The molecule has 0 spiro atoms. The molecule has 1 atom stereocenters. The number of carbonyl (C=O) groups is 1. The van der Waals surface area contributed by atoms with E-state index in [2.05, 4.69) is 12.2 Å². The van der Waals surface area contributed by atoms with E-state index in [1.165, 1.54) is 19.3 Å². The molecule has 0 aromatic carbocycles. The van der Waals surface area contributed by atoms with Crippen molar-refractivity contribution in [2.24, 2.45) is 11.7 Å². The molecular formula is C14H29ClN2O2. The molecule has 1 saturated carbocycles. The van der Waals surface area contributed by atoms with Crippen molar-refractivity contribution in [3.05, 3.63) is 0 Å². The normalized spacial score (nSPS) is 19.3. The molecule has 0 radical (unpaired) electrons. The average molecular weight is 293 g/mol. The Balaban J connectivity index is 0.00000324. The van der Waals surface area contributed by atoms with E-state index in [-0.39, 0.29) is 29.8 Å². The van der Waals surface area contributed by atoms with Gasteiger partial charge in [0.05, 0.1) is 5.60 Å². The molecule has 114 valence electrons. The van der Waals surface area contributed by atoms with E-state index >= 15 is 0 Å². The number of ether oxygens (including phenoxy) is 1. The second kappa shape index (κ2) is 9.56. The summed E-state index contributed by atoms with van der Waals surface area (Å²) in [6.45, 7) is 5.79. The molecule has 19 heavy (non-hydrogen) atoms. The number of hydrogen-bond donors (Lipinski definition) is 2. The average Bonchev–Trinajstić information content (AvgIpc) is 2.43. The molecular weight excluding hydrogens is 264 g/mol. The fourth-order valence-corrected chi connectivity index (χ4v) is 2.42. The highest BCUT2D eigenvalue weighted by Gasteiger charge is 2.33. The number of nitrogens with two attached hydrogens (primary N) is 1. The first kappa shape index (κ1) is 18.7. The molecule has 1 fully saturated rings. The van der Waals surface area contributed by atoms with Gasteiger partial charge in [0.1, 0.15) is 0 Å². The van der Waals surface area contributed by atoms with Gasteiger partial charge in [-0.15, -0.1) is 12.4 Å². The number of rotatable bonds is 7. The fourth-order valence-electron chi connectivity index (χ4n) is 2.42. The number of halogens is 1. The zero-order valence-electron chi connectivity index (χ0n) is 12.2. The van der Waals surface area contributed by atoms with Gasteiger partial charge in [0.25, 0.3) is 0 Å². The lowest BCUT2D eigenvalue weighted by Crippen LogP contribution is -2.48. The van der Waals surface area contributed by atoms with Crippen molar-refractivity contribution in [1.82, 2.24) is 5.32 Å². The monoisotopic (exact) mass is 292 g/mol. The summed E-state index contributed by atoms with van der Waals surface area (Å²) in [5, 5.41) is 3.01. The lowest BCUT2D eigenvalue weighted by molar-refractivity contribution is -0.127. The predicted molar refractivity (Wildman–Crippen MR) is 80.5 cm³/mol. The molecule has 0 aromatic heterocycles. The van der Waals surface area contributed by atoms with E-state index in [1.54, 1.807) is 0 Å². The SMILES string of the molecule is CCCOC1(CNC(=O)C(C)CN)CCCCC1.Cl. The molecule has 0 aromatic rings. The Morgan fingerprint density at radius 1 is 1.37 bits per heavy atom. The van der Waals surface area contributed by atoms with Crippen LogP contribution in [0.2, 0.25) is 0 Å². The van der Waals surface area contributed by atoms with Gasteiger partial charge in [-0.2, -0.15) is 0 Å². The van der Waals surface area contributed by atoms with Gasteiger partial charge in [-0.1, -0.05) is 33.1 Å². The van der Waals surface area contributed by atoms with Crippen LogP contribution in [-0.4, -0.2) is 31.2 Å². The van der Waals surface area contributed by atoms with Gasteiger partial charge in [-0.3, -0.25) is 4.79 Å². The van der Waals surface area contributed by atoms with Crippen molar-refractivity contribution < 1.29 is 9.53 Å². The summed E-state index contributed by atoms with van der Waals surface area (Å²) in [4.78, 5) is 11.8. The molecule has 3 N–H and O–H groups in total. The van der Waals surface area contributed by atoms with E-state index in [0.717, 1.165) is 25.9 Å². The Hall–Kier alpha value is -0.320. The van der Waals surface area contributed by atoms with Crippen LogP contribution < -0.4 is 11.1 Å². The summed E-state index contributed by atoms with van der Waals surface area (Å²) in [6, 6.07) is 0. The third-order valence-corrected chi connectivity index (χ3v) is 3.76. The van der Waals surface area contributed by atoms with Crippen molar-refractivity contribution in [2.75, 3.05) is 19.7 Å². The van der Waals surface area contributed by atoms with Crippen LogP contribution in [0.25, 0.3) is 0 Å². The van der Waals surface area contributed by atoms with Crippen LogP contribution in [0.15, 0.2) is 0 Å². The lowest BCUT2D eigenvalue weighted by atomic mass is 9.84. The second-order valence-corrected chi connectivity index (χ2v) is 5.45. The zero-order chi connectivity index (χ0) is 13.4. The van der Waals surface area contributed by atoms with Crippen LogP contribution in [0.3, 0.4) is 0 Å². The van der Waals surface area contributed by atoms with E-state index in [9.17, 15) is 4.79 Å². The Bertz CT molecular complexity index is 256. The number of carbonyl (C=O) groups excluding carboxylic acids is 1. The summed E-state index contributed by atoms with van der Waals surface area (Å²) < 4.78 is 6.04. The Kier molecular flexibility index (Phi) is 9.40. The van der Waals surface area contributed by atoms with Crippen molar-refractivity contribution in [2.45, 2.75) is 58.0 Å². The predicted octanol–water partition coefficient (Wildman–Crippen LogP) is 2.25. The van der Waals surface area contributed by atoms with Crippen LogP contribution >= 0.6 is 12.4 Å².